The molecule has 1 aromatic carbocycles. The zero-order chi connectivity index (χ0) is 17.1. The molecule has 0 N–H and O–H groups in total. The lowest BCUT2D eigenvalue weighted by Gasteiger charge is -2.16. The first-order valence-electron chi connectivity index (χ1n) is 7.07. The molecule has 0 saturated heterocycles. The number of hydrogen-bond acceptors (Lipinski definition) is 6. The van der Waals surface area contributed by atoms with Gasteiger partial charge in [-0.05, 0) is 37.3 Å². The number of hydrogen-bond donors (Lipinski definition) is 0. The summed E-state index contributed by atoms with van der Waals surface area (Å²) in [4.78, 5) is 13.6. The van der Waals surface area contributed by atoms with Crippen molar-refractivity contribution in [2.24, 2.45) is 0 Å². The lowest BCUT2D eigenvalue weighted by Crippen LogP contribution is -2.27. The summed E-state index contributed by atoms with van der Waals surface area (Å²) in [7, 11) is 1.63. The lowest BCUT2D eigenvalue weighted by molar-refractivity contribution is -0.115. The summed E-state index contributed by atoms with van der Waals surface area (Å²) >= 11 is 1.14. The van der Waals surface area contributed by atoms with Crippen molar-refractivity contribution in [3.05, 3.63) is 48.2 Å². The second-order valence-electron chi connectivity index (χ2n) is 4.98. The van der Waals surface area contributed by atoms with Gasteiger partial charge >= 0.3 is 0 Å². The van der Waals surface area contributed by atoms with E-state index >= 15 is 0 Å². The molecule has 0 fully saturated rings. The van der Waals surface area contributed by atoms with Crippen LogP contribution in [0.4, 0.5) is 10.1 Å². The van der Waals surface area contributed by atoms with E-state index in [4.69, 9.17) is 8.83 Å². The normalized spacial score (nSPS) is 10.8. The Morgan fingerprint density at radius 3 is 2.67 bits per heavy atom. The van der Waals surface area contributed by atoms with Gasteiger partial charge in [-0.2, -0.15) is 0 Å². The predicted octanol–water partition coefficient (Wildman–Crippen LogP) is 3.53. The molecule has 3 rings (SSSR count). The average Bonchev–Trinajstić information content (AvgIpc) is 3.21. The fraction of sp³-hybridized carbons (Fsp3) is 0.188. The summed E-state index contributed by atoms with van der Waals surface area (Å²) in [6.07, 6.45) is 1.54. The highest BCUT2D eigenvalue weighted by atomic mass is 32.2. The molecule has 0 spiro atoms. The number of nitrogens with zero attached hydrogens (tertiary/aromatic N) is 3. The number of carbonyl (C=O) groups is 1. The minimum atomic E-state index is -0.345. The minimum absolute atomic E-state index is 0.125. The largest absolute Gasteiger partial charge is 0.469 e. The molecule has 0 bridgehead atoms. The molecule has 24 heavy (non-hydrogen) atoms. The minimum Gasteiger partial charge on any atom is -0.469 e. The van der Waals surface area contributed by atoms with Gasteiger partial charge in [0.25, 0.3) is 11.1 Å². The van der Waals surface area contributed by atoms with Crippen LogP contribution < -0.4 is 4.90 Å². The summed E-state index contributed by atoms with van der Waals surface area (Å²) in [5.74, 6) is 0.651. The monoisotopic (exact) mass is 347 g/mol. The van der Waals surface area contributed by atoms with Crippen molar-refractivity contribution in [3.8, 4) is 11.5 Å². The Bertz CT molecular complexity index is 844. The van der Waals surface area contributed by atoms with Gasteiger partial charge in [0, 0.05) is 12.7 Å². The molecule has 1 amide bonds. The van der Waals surface area contributed by atoms with Gasteiger partial charge in [0.15, 0.2) is 0 Å². The lowest BCUT2D eigenvalue weighted by atomic mass is 10.3. The standard InChI is InChI=1S/C16H14FN3O3S/c1-10-13(7-8-22-10)15-18-19-16(23-15)24-9-14(21)20(2)12-5-3-11(17)4-6-12/h3-8H,9H2,1-2H3. The number of carbonyl (C=O) groups excluding carboxylic acids is 1. The molecular weight excluding hydrogens is 333 g/mol. The summed E-state index contributed by atoms with van der Waals surface area (Å²) < 4.78 is 23.6. The third-order valence-electron chi connectivity index (χ3n) is 3.40. The van der Waals surface area contributed by atoms with E-state index in [9.17, 15) is 9.18 Å². The number of aromatic nitrogens is 2. The van der Waals surface area contributed by atoms with Crippen molar-refractivity contribution < 1.29 is 18.0 Å². The van der Waals surface area contributed by atoms with Crippen LogP contribution in [0.2, 0.25) is 0 Å². The summed E-state index contributed by atoms with van der Waals surface area (Å²) in [6, 6.07) is 7.45. The molecule has 8 heteroatoms. The number of thioether (sulfide) groups is 1. The molecule has 3 aromatic rings. The predicted molar refractivity (Wildman–Crippen MR) is 87.3 cm³/mol. The molecule has 6 nitrogen and oxygen atoms in total. The zero-order valence-corrected chi connectivity index (χ0v) is 13.8. The highest BCUT2D eigenvalue weighted by molar-refractivity contribution is 7.99. The van der Waals surface area contributed by atoms with Crippen molar-refractivity contribution >= 4 is 23.4 Å². The quantitative estimate of drug-likeness (QED) is 0.658. The molecule has 0 radical (unpaired) electrons. The van der Waals surface area contributed by atoms with Crippen molar-refractivity contribution in [2.45, 2.75) is 12.1 Å². The van der Waals surface area contributed by atoms with Crippen LogP contribution in [0.15, 0.2) is 50.7 Å². The van der Waals surface area contributed by atoms with Gasteiger partial charge < -0.3 is 13.7 Å². The van der Waals surface area contributed by atoms with Gasteiger partial charge in [-0.3, -0.25) is 4.79 Å². The first-order chi connectivity index (χ1) is 11.5. The second-order valence-corrected chi connectivity index (χ2v) is 5.91. The molecule has 2 aromatic heterocycles. The van der Waals surface area contributed by atoms with Crippen LogP contribution in [0.5, 0.6) is 0 Å². The third-order valence-corrected chi connectivity index (χ3v) is 4.21. The summed E-state index contributed by atoms with van der Waals surface area (Å²) in [5.41, 5.74) is 1.34. The maximum atomic E-state index is 12.9. The smallest absolute Gasteiger partial charge is 0.277 e. The molecule has 0 aliphatic carbocycles. The van der Waals surface area contributed by atoms with Crippen LogP contribution in [0.3, 0.4) is 0 Å². The zero-order valence-electron chi connectivity index (χ0n) is 13.0. The maximum Gasteiger partial charge on any atom is 0.277 e. The Kier molecular flexibility index (Phi) is 4.66. The Balaban J connectivity index is 1.61. The topological polar surface area (TPSA) is 72.4 Å². The van der Waals surface area contributed by atoms with Crippen molar-refractivity contribution in [3.63, 3.8) is 0 Å². The van der Waals surface area contributed by atoms with Gasteiger partial charge in [0.1, 0.15) is 11.6 Å². The maximum absolute atomic E-state index is 12.9. The SMILES string of the molecule is Cc1occc1-c1nnc(SCC(=O)N(C)c2ccc(F)cc2)o1. The number of rotatable bonds is 5. The van der Waals surface area contributed by atoms with Crippen molar-refractivity contribution in [2.75, 3.05) is 17.7 Å². The summed E-state index contributed by atoms with van der Waals surface area (Å²) in [5, 5.41) is 8.16. The van der Waals surface area contributed by atoms with E-state index in [2.05, 4.69) is 10.2 Å². The van der Waals surface area contributed by atoms with Crippen molar-refractivity contribution in [1.29, 1.82) is 0 Å². The molecule has 0 aliphatic rings. The molecule has 124 valence electrons. The number of aryl methyl sites for hydroxylation is 1. The van der Waals surface area contributed by atoms with Gasteiger partial charge in [-0.1, -0.05) is 11.8 Å². The number of amides is 1. The van der Waals surface area contributed by atoms with E-state index in [0.717, 1.165) is 17.3 Å². The third kappa shape index (κ3) is 3.48. The van der Waals surface area contributed by atoms with Crippen LogP contribution in [-0.4, -0.2) is 28.9 Å². The van der Waals surface area contributed by atoms with Gasteiger partial charge in [-0.25, -0.2) is 4.39 Å². The van der Waals surface area contributed by atoms with Gasteiger partial charge in [0.05, 0.1) is 17.6 Å². The Morgan fingerprint density at radius 1 is 1.25 bits per heavy atom. The van der Waals surface area contributed by atoms with Gasteiger partial charge in [-0.15, -0.1) is 10.2 Å². The highest BCUT2D eigenvalue weighted by Gasteiger charge is 2.16. The van der Waals surface area contributed by atoms with Crippen LogP contribution >= 0.6 is 11.8 Å². The van der Waals surface area contributed by atoms with Gasteiger partial charge in [0.2, 0.25) is 5.91 Å². The molecule has 2 heterocycles. The Morgan fingerprint density at radius 2 is 2.00 bits per heavy atom. The first kappa shape index (κ1) is 16.3. The van der Waals surface area contributed by atoms with E-state index in [-0.39, 0.29) is 17.5 Å². The average molecular weight is 347 g/mol. The van der Waals surface area contributed by atoms with E-state index in [0.29, 0.717) is 22.6 Å². The fourth-order valence-electron chi connectivity index (χ4n) is 2.01. The molecule has 0 aliphatic heterocycles. The molecular formula is C16H14FN3O3S. The molecule has 0 atom stereocenters. The number of anilines is 1. The van der Waals surface area contributed by atoms with E-state index < -0.39 is 0 Å². The Hall–Kier alpha value is -2.61. The van der Waals surface area contributed by atoms with Crippen molar-refractivity contribution in [1.82, 2.24) is 10.2 Å². The number of halogens is 1. The highest BCUT2D eigenvalue weighted by Crippen LogP contribution is 2.26. The van der Waals surface area contributed by atoms with Crippen LogP contribution in [0.25, 0.3) is 11.5 Å². The van der Waals surface area contributed by atoms with Crippen LogP contribution in [0, 0.1) is 12.7 Å². The number of furan rings is 1. The number of benzene rings is 1. The van der Waals surface area contributed by atoms with Crippen LogP contribution in [-0.2, 0) is 4.79 Å². The Labute approximate surface area is 141 Å². The summed E-state index contributed by atoms with van der Waals surface area (Å²) in [6.45, 7) is 1.80. The molecule has 0 unspecified atom stereocenters. The van der Waals surface area contributed by atoms with E-state index in [1.54, 1.807) is 38.4 Å². The van der Waals surface area contributed by atoms with Crippen LogP contribution in [0.1, 0.15) is 5.76 Å². The first-order valence-corrected chi connectivity index (χ1v) is 8.06. The molecule has 0 saturated carbocycles. The second kappa shape index (κ2) is 6.88. The fourth-order valence-corrected chi connectivity index (χ4v) is 2.69. The van der Waals surface area contributed by atoms with E-state index in [1.807, 2.05) is 0 Å². The van der Waals surface area contributed by atoms with E-state index in [1.165, 1.54) is 17.0 Å².